The zero-order chi connectivity index (χ0) is 13.6. The summed E-state index contributed by atoms with van der Waals surface area (Å²) in [4.78, 5) is 11.7. The first kappa shape index (κ1) is 17.5. The van der Waals surface area contributed by atoms with E-state index in [0.29, 0.717) is 6.42 Å². The van der Waals surface area contributed by atoms with Gasteiger partial charge in [-0.15, -0.1) is 0 Å². The monoisotopic (exact) mass is 256 g/mol. The van der Waals surface area contributed by atoms with Crippen molar-refractivity contribution in [3.8, 4) is 0 Å². The summed E-state index contributed by atoms with van der Waals surface area (Å²) in [7, 11) is 0. The second-order valence-electron chi connectivity index (χ2n) is 5.21. The average Bonchev–Trinajstić information content (AvgIpc) is 2.35. The van der Waals surface area contributed by atoms with Gasteiger partial charge in [-0.05, 0) is 25.7 Å². The van der Waals surface area contributed by atoms with Gasteiger partial charge in [-0.25, -0.2) is 0 Å². The van der Waals surface area contributed by atoms with Gasteiger partial charge in [0.2, 0.25) is 0 Å². The smallest absolute Gasteiger partial charge is 0.306 e. The van der Waals surface area contributed by atoms with Crippen LogP contribution in [0.15, 0.2) is 0 Å². The summed E-state index contributed by atoms with van der Waals surface area (Å²) in [5.74, 6) is 0.0149. The molecule has 18 heavy (non-hydrogen) atoms. The third-order valence-corrected chi connectivity index (χ3v) is 3.27. The van der Waals surface area contributed by atoms with Crippen molar-refractivity contribution in [3.63, 3.8) is 0 Å². The second kappa shape index (κ2) is 12.9. The van der Waals surface area contributed by atoms with E-state index >= 15 is 0 Å². The molecule has 0 amide bonds. The summed E-state index contributed by atoms with van der Waals surface area (Å²) < 4.78 is 5.58. The molecule has 0 aliphatic carbocycles. The lowest BCUT2D eigenvalue weighted by Crippen LogP contribution is -2.18. The maximum absolute atomic E-state index is 11.7. The topological polar surface area (TPSA) is 26.3 Å². The van der Waals surface area contributed by atoms with E-state index in [4.69, 9.17) is 4.74 Å². The van der Waals surface area contributed by atoms with Crippen LogP contribution in [0.4, 0.5) is 0 Å². The molecule has 0 aliphatic rings. The normalized spacial score (nSPS) is 12.4. The van der Waals surface area contributed by atoms with E-state index in [1.807, 2.05) is 0 Å². The molecule has 2 nitrogen and oxygen atoms in total. The number of unbranched alkanes of at least 4 members (excludes halogenated alkanes) is 5. The summed E-state index contributed by atoms with van der Waals surface area (Å²) >= 11 is 0. The Bertz CT molecular complexity index is 190. The molecule has 108 valence electrons. The summed E-state index contributed by atoms with van der Waals surface area (Å²) in [6, 6.07) is 0. The molecule has 0 N–H and O–H groups in total. The highest BCUT2D eigenvalue weighted by Crippen LogP contribution is 2.14. The first-order chi connectivity index (χ1) is 8.74. The molecule has 0 aromatic rings. The molecule has 0 saturated carbocycles. The average molecular weight is 256 g/mol. The van der Waals surface area contributed by atoms with Crippen LogP contribution in [0.3, 0.4) is 0 Å². The number of carbonyl (C=O) groups excluding carboxylic acids is 1. The maximum Gasteiger partial charge on any atom is 0.306 e. The molecule has 0 heterocycles. The van der Waals surface area contributed by atoms with Crippen molar-refractivity contribution in [2.75, 3.05) is 0 Å². The van der Waals surface area contributed by atoms with Gasteiger partial charge in [0, 0.05) is 6.42 Å². The zero-order valence-electron chi connectivity index (χ0n) is 12.7. The number of esters is 1. The van der Waals surface area contributed by atoms with E-state index in [2.05, 4.69) is 20.8 Å². The van der Waals surface area contributed by atoms with Gasteiger partial charge in [0.1, 0.15) is 6.10 Å². The first-order valence-corrected chi connectivity index (χ1v) is 7.94. The predicted molar refractivity (Wildman–Crippen MR) is 77.7 cm³/mol. The molecule has 0 spiro atoms. The highest BCUT2D eigenvalue weighted by molar-refractivity contribution is 5.69. The number of carbonyl (C=O) groups is 1. The lowest BCUT2D eigenvalue weighted by molar-refractivity contribution is -0.150. The van der Waals surface area contributed by atoms with E-state index < -0.39 is 0 Å². The Kier molecular flexibility index (Phi) is 12.5. The lowest BCUT2D eigenvalue weighted by Gasteiger charge is -2.17. The van der Waals surface area contributed by atoms with Gasteiger partial charge in [0.15, 0.2) is 0 Å². The summed E-state index contributed by atoms with van der Waals surface area (Å²) in [6.45, 7) is 6.54. The van der Waals surface area contributed by atoms with Crippen LogP contribution in [0.25, 0.3) is 0 Å². The van der Waals surface area contributed by atoms with Gasteiger partial charge in [0.25, 0.3) is 0 Å². The maximum atomic E-state index is 11.7. The van der Waals surface area contributed by atoms with Crippen molar-refractivity contribution in [3.05, 3.63) is 0 Å². The van der Waals surface area contributed by atoms with Crippen molar-refractivity contribution in [2.45, 2.75) is 97.5 Å². The minimum Gasteiger partial charge on any atom is -0.462 e. The molecule has 0 aliphatic heterocycles. The third kappa shape index (κ3) is 10.6. The van der Waals surface area contributed by atoms with Gasteiger partial charge in [-0.3, -0.25) is 4.79 Å². The van der Waals surface area contributed by atoms with Crippen LogP contribution >= 0.6 is 0 Å². The van der Waals surface area contributed by atoms with Crippen molar-refractivity contribution in [1.82, 2.24) is 0 Å². The van der Waals surface area contributed by atoms with E-state index in [1.165, 1.54) is 32.1 Å². The molecule has 0 radical (unpaired) electrons. The Morgan fingerprint density at radius 3 is 2.11 bits per heavy atom. The van der Waals surface area contributed by atoms with Crippen LogP contribution in [0.2, 0.25) is 0 Å². The highest BCUT2D eigenvalue weighted by atomic mass is 16.5. The van der Waals surface area contributed by atoms with Gasteiger partial charge < -0.3 is 4.74 Å². The molecule has 0 bridgehead atoms. The Balaban J connectivity index is 3.73. The van der Waals surface area contributed by atoms with Crippen LogP contribution in [-0.2, 0) is 9.53 Å². The van der Waals surface area contributed by atoms with E-state index in [9.17, 15) is 4.79 Å². The quantitative estimate of drug-likeness (QED) is 0.352. The Hall–Kier alpha value is -0.530. The molecule has 0 aromatic carbocycles. The first-order valence-electron chi connectivity index (χ1n) is 7.94. The van der Waals surface area contributed by atoms with Crippen LogP contribution in [0.5, 0.6) is 0 Å². The Morgan fingerprint density at radius 2 is 1.50 bits per heavy atom. The van der Waals surface area contributed by atoms with E-state index in [1.54, 1.807) is 0 Å². The van der Waals surface area contributed by atoms with Crippen molar-refractivity contribution in [1.29, 1.82) is 0 Å². The van der Waals surface area contributed by atoms with Crippen LogP contribution < -0.4 is 0 Å². The predicted octanol–water partition coefficient (Wildman–Crippen LogP) is 5.25. The fourth-order valence-corrected chi connectivity index (χ4v) is 2.15. The van der Waals surface area contributed by atoms with Gasteiger partial charge in [-0.2, -0.15) is 0 Å². The minimum absolute atomic E-state index is 0.0149. The molecule has 0 aromatic heterocycles. The van der Waals surface area contributed by atoms with Gasteiger partial charge >= 0.3 is 5.97 Å². The molecule has 1 unspecified atom stereocenters. The molecule has 2 heteroatoms. The molecular formula is C16H32O2. The minimum atomic E-state index is 0.0149. The SMILES string of the molecule is CCCCCCC(=O)OC(CCC)CCCCC. The van der Waals surface area contributed by atoms with Crippen LogP contribution in [0.1, 0.15) is 91.4 Å². The Labute approximate surface area is 113 Å². The highest BCUT2D eigenvalue weighted by Gasteiger charge is 2.12. The summed E-state index contributed by atoms with van der Waals surface area (Å²) in [6.07, 6.45) is 12.2. The van der Waals surface area contributed by atoms with Crippen molar-refractivity contribution in [2.24, 2.45) is 0 Å². The fourth-order valence-electron chi connectivity index (χ4n) is 2.15. The molecule has 0 rings (SSSR count). The summed E-state index contributed by atoms with van der Waals surface area (Å²) in [5, 5.41) is 0. The van der Waals surface area contributed by atoms with Gasteiger partial charge in [-0.1, -0.05) is 59.3 Å². The molecular weight excluding hydrogens is 224 g/mol. The summed E-state index contributed by atoms with van der Waals surface area (Å²) in [5.41, 5.74) is 0. The lowest BCUT2D eigenvalue weighted by atomic mass is 10.1. The number of hydrogen-bond donors (Lipinski definition) is 0. The van der Waals surface area contributed by atoms with Gasteiger partial charge in [0.05, 0.1) is 0 Å². The number of rotatable bonds is 12. The van der Waals surface area contributed by atoms with Crippen LogP contribution in [0, 0.1) is 0 Å². The second-order valence-corrected chi connectivity index (χ2v) is 5.21. The molecule has 0 saturated heterocycles. The molecule has 0 fully saturated rings. The standard InChI is InChI=1S/C16H32O2/c1-4-7-9-11-14-16(17)18-15(12-6-3)13-10-8-5-2/h15H,4-14H2,1-3H3. The molecule has 1 atom stereocenters. The van der Waals surface area contributed by atoms with Crippen molar-refractivity contribution >= 4 is 5.97 Å². The zero-order valence-corrected chi connectivity index (χ0v) is 12.7. The third-order valence-electron chi connectivity index (χ3n) is 3.27. The van der Waals surface area contributed by atoms with E-state index in [0.717, 1.165) is 32.1 Å². The van der Waals surface area contributed by atoms with Crippen molar-refractivity contribution < 1.29 is 9.53 Å². The Morgan fingerprint density at radius 1 is 0.833 bits per heavy atom. The number of hydrogen-bond acceptors (Lipinski definition) is 2. The van der Waals surface area contributed by atoms with E-state index in [-0.39, 0.29) is 12.1 Å². The largest absolute Gasteiger partial charge is 0.462 e. The fraction of sp³-hybridized carbons (Fsp3) is 0.938. The van der Waals surface area contributed by atoms with Crippen LogP contribution in [-0.4, -0.2) is 12.1 Å². The number of ether oxygens (including phenoxy) is 1.